The lowest BCUT2D eigenvalue weighted by molar-refractivity contribution is 0.171. The molecule has 1 saturated heterocycles. The summed E-state index contributed by atoms with van der Waals surface area (Å²) in [6.45, 7) is 6.69. The Morgan fingerprint density at radius 3 is 2.13 bits per heavy atom. The summed E-state index contributed by atoms with van der Waals surface area (Å²) in [6.07, 6.45) is 8.45. The highest BCUT2D eigenvalue weighted by Gasteiger charge is 2.21. The number of rotatable bonds is 8. The maximum absolute atomic E-state index is 5.82. The van der Waals surface area contributed by atoms with Crippen molar-refractivity contribution in [2.75, 3.05) is 19.6 Å². The third kappa shape index (κ3) is 7.64. The minimum absolute atomic E-state index is 0. The molecule has 0 aliphatic carbocycles. The number of hydrogen-bond acceptors (Lipinski definition) is 4. The molecule has 3 aromatic carbocycles. The molecule has 3 heterocycles. The molecule has 4 nitrogen and oxygen atoms in total. The van der Waals surface area contributed by atoms with Gasteiger partial charge in [0.1, 0.15) is 0 Å². The van der Waals surface area contributed by atoms with Gasteiger partial charge in [-0.05, 0) is 105 Å². The number of benzene rings is 3. The Hall–Kier alpha value is -2.37. The fourth-order valence-electron chi connectivity index (χ4n) is 6.30. The minimum atomic E-state index is 0. The molecule has 1 fully saturated rings. The zero-order valence-corrected chi connectivity index (χ0v) is 24.4. The highest BCUT2D eigenvalue weighted by molar-refractivity contribution is 5.85. The molecule has 208 valence electrons. The van der Waals surface area contributed by atoms with Crippen LogP contribution < -0.4 is 0 Å². The topological polar surface area (TPSA) is 32.5 Å². The molecule has 2 aliphatic rings. The summed E-state index contributed by atoms with van der Waals surface area (Å²) in [5, 5.41) is 5.76. The smallest absolute Gasteiger partial charge is 0.167 e. The molecule has 4 aromatic rings. The lowest BCUT2D eigenvalue weighted by atomic mass is 9.90. The second-order valence-electron chi connectivity index (χ2n) is 11.1. The van der Waals surface area contributed by atoms with E-state index in [9.17, 15) is 0 Å². The Balaban J connectivity index is 0.00000176. The molecular formula is C33H41Cl2N3O. The number of nitrogens with zero attached hydrogens (tertiary/aromatic N) is 3. The van der Waals surface area contributed by atoms with Gasteiger partial charge in [0.15, 0.2) is 5.58 Å². The highest BCUT2D eigenvalue weighted by atomic mass is 35.5. The lowest BCUT2D eigenvalue weighted by Gasteiger charge is -2.32. The van der Waals surface area contributed by atoms with E-state index in [0.29, 0.717) is 0 Å². The van der Waals surface area contributed by atoms with Crippen LogP contribution in [-0.4, -0.2) is 34.6 Å². The van der Waals surface area contributed by atoms with E-state index in [4.69, 9.17) is 4.52 Å². The third-order valence-electron chi connectivity index (χ3n) is 8.41. The first-order valence-corrected chi connectivity index (χ1v) is 14.2. The zero-order chi connectivity index (χ0) is 24.9. The van der Waals surface area contributed by atoms with Crippen molar-refractivity contribution in [3.8, 4) is 0 Å². The Labute approximate surface area is 245 Å². The third-order valence-corrected chi connectivity index (χ3v) is 8.41. The largest absolute Gasteiger partial charge is 0.356 e. The monoisotopic (exact) mass is 565 g/mol. The summed E-state index contributed by atoms with van der Waals surface area (Å²) in [5.41, 5.74) is 7.84. The van der Waals surface area contributed by atoms with Gasteiger partial charge in [-0.1, -0.05) is 65.8 Å². The van der Waals surface area contributed by atoms with Crippen molar-refractivity contribution in [3.63, 3.8) is 0 Å². The van der Waals surface area contributed by atoms with E-state index in [1.165, 1.54) is 72.8 Å². The normalized spacial score (nSPS) is 16.7. The van der Waals surface area contributed by atoms with Gasteiger partial charge in [-0.2, -0.15) is 0 Å². The van der Waals surface area contributed by atoms with Crippen LogP contribution in [0.3, 0.4) is 0 Å². The molecule has 1 aromatic heterocycles. The van der Waals surface area contributed by atoms with Crippen LogP contribution in [0.2, 0.25) is 0 Å². The van der Waals surface area contributed by atoms with Gasteiger partial charge in [-0.15, -0.1) is 24.8 Å². The van der Waals surface area contributed by atoms with Gasteiger partial charge < -0.3 is 4.52 Å². The van der Waals surface area contributed by atoms with Crippen molar-refractivity contribution >= 4 is 35.8 Å². The summed E-state index contributed by atoms with van der Waals surface area (Å²) in [7, 11) is 0. The Morgan fingerprint density at radius 1 is 0.769 bits per heavy atom. The minimum Gasteiger partial charge on any atom is -0.356 e. The predicted molar refractivity (Wildman–Crippen MR) is 165 cm³/mol. The van der Waals surface area contributed by atoms with Crippen LogP contribution in [0.4, 0.5) is 0 Å². The van der Waals surface area contributed by atoms with Crippen LogP contribution >= 0.6 is 24.8 Å². The number of likely N-dealkylation sites (tertiary alicyclic amines) is 1. The molecule has 0 saturated carbocycles. The Morgan fingerprint density at radius 2 is 1.44 bits per heavy atom. The van der Waals surface area contributed by atoms with Gasteiger partial charge in [0.25, 0.3) is 0 Å². The van der Waals surface area contributed by atoms with Crippen molar-refractivity contribution < 1.29 is 4.52 Å². The maximum Gasteiger partial charge on any atom is 0.167 e. The van der Waals surface area contributed by atoms with Crippen LogP contribution in [0.15, 0.2) is 77.3 Å². The summed E-state index contributed by atoms with van der Waals surface area (Å²) >= 11 is 0. The van der Waals surface area contributed by atoms with Crippen molar-refractivity contribution in [1.82, 2.24) is 15.0 Å². The first-order valence-electron chi connectivity index (χ1n) is 14.2. The van der Waals surface area contributed by atoms with Gasteiger partial charge in [0.2, 0.25) is 0 Å². The van der Waals surface area contributed by atoms with E-state index in [2.05, 4.69) is 87.8 Å². The summed E-state index contributed by atoms with van der Waals surface area (Å²) in [4.78, 5) is 5.20. The first-order chi connectivity index (χ1) is 18.3. The number of hydrogen-bond donors (Lipinski definition) is 0. The molecule has 0 bridgehead atoms. The molecule has 0 amide bonds. The zero-order valence-electron chi connectivity index (χ0n) is 22.8. The molecule has 0 unspecified atom stereocenters. The standard InChI is InChI=1S/C33H39N3O.2ClH/c1-3-9-27(10-4-1)23-35-19-16-26(17-20-35)13-7-15-32-31-21-30-25-36(24-28-11-5-2-6-12-28)18-8-14-29(30)22-33(31)37-34-32;;/h1-6,9-12,21-22,26H,7-8,13-20,23-25H2;2*1H. The molecule has 39 heavy (non-hydrogen) atoms. The Kier molecular flexibility index (Phi) is 10.9. The first kappa shape index (κ1) is 29.6. The van der Waals surface area contributed by atoms with Crippen LogP contribution in [-0.2, 0) is 32.5 Å². The Bertz CT molecular complexity index is 1290. The summed E-state index contributed by atoms with van der Waals surface area (Å²) < 4.78 is 5.82. The second-order valence-corrected chi connectivity index (χ2v) is 11.1. The number of aromatic nitrogens is 1. The fraction of sp³-hybridized carbons (Fsp3) is 0.424. The summed E-state index contributed by atoms with van der Waals surface area (Å²) in [5.74, 6) is 0.841. The van der Waals surface area contributed by atoms with E-state index in [1.54, 1.807) is 0 Å². The van der Waals surface area contributed by atoms with Crippen molar-refractivity contribution in [1.29, 1.82) is 0 Å². The van der Waals surface area contributed by atoms with Crippen molar-refractivity contribution in [3.05, 3.63) is 101 Å². The van der Waals surface area contributed by atoms with Gasteiger partial charge in [0, 0.05) is 25.0 Å². The average Bonchev–Trinajstić information content (AvgIpc) is 3.21. The van der Waals surface area contributed by atoms with Crippen molar-refractivity contribution in [2.45, 2.75) is 64.6 Å². The van der Waals surface area contributed by atoms with Crippen LogP contribution in [0, 0.1) is 5.92 Å². The lowest BCUT2D eigenvalue weighted by Crippen LogP contribution is -2.33. The number of aryl methyl sites for hydroxylation is 2. The van der Waals surface area contributed by atoms with Crippen LogP contribution in [0.1, 0.15) is 60.1 Å². The molecule has 0 N–H and O–H groups in total. The molecule has 6 rings (SSSR count). The van der Waals surface area contributed by atoms with Gasteiger partial charge in [-0.3, -0.25) is 9.80 Å². The van der Waals surface area contributed by atoms with Crippen molar-refractivity contribution in [2.24, 2.45) is 5.92 Å². The summed E-state index contributed by atoms with van der Waals surface area (Å²) in [6, 6.07) is 26.4. The van der Waals surface area contributed by atoms with E-state index >= 15 is 0 Å². The second kappa shape index (κ2) is 14.3. The number of piperidine rings is 1. The van der Waals surface area contributed by atoms with Gasteiger partial charge in [-0.25, -0.2) is 0 Å². The maximum atomic E-state index is 5.82. The highest BCUT2D eigenvalue weighted by Crippen LogP contribution is 2.30. The molecule has 0 radical (unpaired) electrons. The van der Waals surface area contributed by atoms with Gasteiger partial charge in [0.05, 0.1) is 5.69 Å². The van der Waals surface area contributed by atoms with E-state index in [1.807, 2.05) is 0 Å². The van der Waals surface area contributed by atoms with E-state index in [0.717, 1.165) is 56.2 Å². The molecule has 0 atom stereocenters. The molecular weight excluding hydrogens is 525 g/mol. The SMILES string of the molecule is Cl.Cl.c1ccc(CN2CCC(CCCc3noc4cc5c(cc34)CN(Cc3ccccc3)CCC5)CC2)cc1. The number of halogens is 2. The molecule has 2 aliphatic heterocycles. The fourth-order valence-corrected chi connectivity index (χ4v) is 6.30. The molecule has 6 heteroatoms. The van der Waals surface area contributed by atoms with E-state index in [-0.39, 0.29) is 24.8 Å². The predicted octanol–water partition coefficient (Wildman–Crippen LogP) is 7.85. The van der Waals surface area contributed by atoms with E-state index < -0.39 is 0 Å². The molecule has 0 spiro atoms. The average molecular weight is 567 g/mol. The van der Waals surface area contributed by atoms with Crippen LogP contribution in [0.5, 0.6) is 0 Å². The van der Waals surface area contributed by atoms with Crippen LogP contribution in [0.25, 0.3) is 11.0 Å². The quantitative estimate of drug-likeness (QED) is 0.217. The number of fused-ring (bicyclic) bond motifs is 2. The van der Waals surface area contributed by atoms with Gasteiger partial charge >= 0.3 is 0 Å².